The van der Waals surface area contributed by atoms with Gasteiger partial charge in [-0.05, 0) is 42.0 Å². The Morgan fingerprint density at radius 1 is 1.25 bits per heavy atom. The number of nitrogens with zero attached hydrogens (tertiary/aromatic N) is 2. The van der Waals surface area contributed by atoms with Crippen LogP contribution in [0.2, 0.25) is 0 Å². The molecule has 2 unspecified atom stereocenters. The summed E-state index contributed by atoms with van der Waals surface area (Å²) >= 11 is 0. The first-order valence-corrected chi connectivity index (χ1v) is 7.97. The molecule has 20 heavy (non-hydrogen) atoms. The van der Waals surface area contributed by atoms with Crippen molar-refractivity contribution < 1.29 is 0 Å². The predicted molar refractivity (Wildman–Crippen MR) is 86.2 cm³/mol. The van der Waals surface area contributed by atoms with E-state index in [2.05, 4.69) is 57.0 Å². The van der Waals surface area contributed by atoms with Crippen molar-refractivity contribution in [2.24, 2.45) is 11.8 Å². The lowest BCUT2D eigenvalue weighted by atomic mass is 10.0. The van der Waals surface area contributed by atoms with Crippen LogP contribution in [0.4, 0.5) is 5.82 Å². The average molecular weight is 275 g/mol. The van der Waals surface area contributed by atoms with Crippen LogP contribution in [0.25, 0.3) is 0 Å². The third kappa shape index (κ3) is 3.51. The molecule has 2 atom stereocenters. The summed E-state index contributed by atoms with van der Waals surface area (Å²) in [5.41, 5.74) is 2.57. The molecule has 0 aliphatic carbocycles. The van der Waals surface area contributed by atoms with E-state index in [9.17, 15) is 0 Å². The van der Waals surface area contributed by atoms with E-state index >= 15 is 0 Å². The lowest BCUT2D eigenvalue weighted by Crippen LogP contribution is -2.22. The van der Waals surface area contributed by atoms with Gasteiger partial charge in [-0.15, -0.1) is 0 Å². The summed E-state index contributed by atoms with van der Waals surface area (Å²) in [6.45, 7) is 15.5. The molecule has 112 valence electrons. The Morgan fingerprint density at radius 3 is 2.45 bits per heavy atom. The fourth-order valence-corrected chi connectivity index (χ4v) is 2.74. The molecule has 1 aromatic rings. The monoisotopic (exact) mass is 275 g/mol. The van der Waals surface area contributed by atoms with Crippen LogP contribution in [0.1, 0.15) is 51.8 Å². The Balaban J connectivity index is 2.25. The first-order valence-electron chi connectivity index (χ1n) is 7.97. The Hall–Kier alpha value is -1.09. The number of hydrogen-bond acceptors (Lipinski definition) is 3. The molecule has 1 fully saturated rings. The van der Waals surface area contributed by atoms with Gasteiger partial charge >= 0.3 is 0 Å². The number of pyridine rings is 1. The van der Waals surface area contributed by atoms with Crippen molar-refractivity contribution in [3.8, 4) is 0 Å². The molecule has 3 nitrogen and oxygen atoms in total. The molecule has 1 aliphatic heterocycles. The maximum atomic E-state index is 4.89. The number of aromatic nitrogens is 1. The molecule has 1 aliphatic rings. The van der Waals surface area contributed by atoms with Crippen molar-refractivity contribution in [2.75, 3.05) is 24.5 Å². The standard InChI is InChI=1S/C17H29N3/c1-6-18-9-15-7-16(12(2)3)19-17(8-15)20-10-13(4)14(5)11-20/h7-8,12-14,18H,6,9-11H2,1-5H3. The summed E-state index contributed by atoms with van der Waals surface area (Å²) in [4.78, 5) is 7.35. The van der Waals surface area contributed by atoms with E-state index in [1.165, 1.54) is 17.1 Å². The second kappa shape index (κ2) is 6.57. The van der Waals surface area contributed by atoms with Crippen molar-refractivity contribution in [3.63, 3.8) is 0 Å². The van der Waals surface area contributed by atoms with E-state index in [-0.39, 0.29) is 0 Å². The van der Waals surface area contributed by atoms with E-state index in [1.54, 1.807) is 0 Å². The van der Waals surface area contributed by atoms with Gasteiger partial charge < -0.3 is 10.2 Å². The molecule has 1 N–H and O–H groups in total. The highest BCUT2D eigenvalue weighted by atomic mass is 15.2. The Labute approximate surface area is 123 Å². The molecule has 1 saturated heterocycles. The van der Waals surface area contributed by atoms with Gasteiger partial charge in [0.05, 0.1) is 0 Å². The van der Waals surface area contributed by atoms with E-state index in [0.29, 0.717) is 5.92 Å². The SMILES string of the molecule is CCNCc1cc(C(C)C)nc(N2CC(C)C(C)C2)c1. The summed E-state index contributed by atoms with van der Waals surface area (Å²) in [6.07, 6.45) is 0. The molecule has 2 heterocycles. The summed E-state index contributed by atoms with van der Waals surface area (Å²) in [7, 11) is 0. The highest BCUT2D eigenvalue weighted by molar-refractivity contribution is 5.44. The summed E-state index contributed by atoms with van der Waals surface area (Å²) in [6, 6.07) is 4.51. The molecule has 2 rings (SSSR count). The zero-order chi connectivity index (χ0) is 14.7. The topological polar surface area (TPSA) is 28.2 Å². The molecule has 0 radical (unpaired) electrons. The predicted octanol–water partition coefficient (Wildman–Crippen LogP) is 3.41. The van der Waals surface area contributed by atoms with Gasteiger partial charge in [0, 0.05) is 25.3 Å². The number of anilines is 1. The molecule has 0 bridgehead atoms. The minimum Gasteiger partial charge on any atom is -0.356 e. The highest BCUT2D eigenvalue weighted by Gasteiger charge is 2.27. The molecule has 3 heteroatoms. The highest BCUT2D eigenvalue weighted by Crippen LogP contribution is 2.28. The van der Waals surface area contributed by atoms with Crippen molar-refractivity contribution in [2.45, 2.75) is 47.1 Å². The molecule has 0 spiro atoms. The van der Waals surface area contributed by atoms with Crippen LogP contribution in [-0.2, 0) is 6.54 Å². The van der Waals surface area contributed by atoms with Crippen LogP contribution in [-0.4, -0.2) is 24.6 Å². The molecule has 1 aromatic heterocycles. The van der Waals surface area contributed by atoms with Crippen LogP contribution in [0.5, 0.6) is 0 Å². The van der Waals surface area contributed by atoms with Crippen molar-refractivity contribution in [3.05, 3.63) is 23.4 Å². The second-order valence-corrected chi connectivity index (χ2v) is 6.55. The number of hydrogen-bond donors (Lipinski definition) is 1. The normalized spacial score (nSPS) is 22.8. The number of rotatable bonds is 5. The van der Waals surface area contributed by atoms with E-state index in [1.807, 2.05) is 0 Å². The Kier molecular flexibility index (Phi) is 5.03. The molecule has 0 saturated carbocycles. The van der Waals surface area contributed by atoms with Gasteiger partial charge in [-0.2, -0.15) is 0 Å². The van der Waals surface area contributed by atoms with E-state index < -0.39 is 0 Å². The number of nitrogens with one attached hydrogen (secondary N) is 1. The molecular weight excluding hydrogens is 246 g/mol. The summed E-state index contributed by atoms with van der Waals surface area (Å²) < 4.78 is 0. The van der Waals surface area contributed by atoms with Gasteiger partial charge in [-0.25, -0.2) is 4.98 Å². The van der Waals surface area contributed by atoms with Gasteiger partial charge in [0.25, 0.3) is 0 Å². The van der Waals surface area contributed by atoms with Gasteiger partial charge in [0.15, 0.2) is 0 Å². The molecule has 0 aromatic carbocycles. The zero-order valence-corrected chi connectivity index (χ0v) is 13.6. The average Bonchev–Trinajstić information content (AvgIpc) is 2.76. The van der Waals surface area contributed by atoms with Crippen LogP contribution >= 0.6 is 0 Å². The first kappa shape index (κ1) is 15.3. The summed E-state index contributed by atoms with van der Waals surface area (Å²) in [5.74, 6) is 3.17. The van der Waals surface area contributed by atoms with Gasteiger partial charge in [0.1, 0.15) is 5.82 Å². The fourth-order valence-electron chi connectivity index (χ4n) is 2.74. The van der Waals surface area contributed by atoms with Crippen molar-refractivity contribution in [1.29, 1.82) is 0 Å². The minimum absolute atomic E-state index is 0.479. The quantitative estimate of drug-likeness (QED) is 0.892. The van der Waals surface area contributed by atoms with Gasteiger partial charge in [0.2, 0.25) is 0 Å². The van der Waals surface area contributed by atoms with Crippen LogP contribution in [0.3, 0.4) is 0 Å². The van der Waals surface area contributed by atoms with Gasteiger partial charge in [-0.3, -0.25) is 0 Å². The lowest BCUT2D eigenvalue weighted by molar-refractivity contribution is 0.494. The summed E-state index contributed by atoms with van der Waals surface area (Å²) in [5, 5.41) is 3.42. The van der Waals surface area contributed by atoms with E-state index in [4.69, 9.17) is 4.98 Å². The van der Waals surface area contributed by atoms with Crippen molar-refractivity contribution in [1.82, 2.24) is 10.3 Å². The Bertz CT molecular complexity index is 432. The maximum absolute atomic E-state index is 4.89. The Morgan fingerprint density at radius 2 is 1.90 bits per heavy atom. The van der Waals surface area contributed by atoms with Crippen LogP contribution in [0, 0.1) is 11.8 Å². The third-order valence-electron chi connectivity index (χ3n) is 4.37. The zero-order valence-electron chi connectivity index (χ0n) is 13.6. The van der Waals surface area contributed by atoms with Gasteiger partial charge in [-0.1, -0.05) is 34.6 Å². The van der Waals surface area contributed by atoms with Crippen LogP contribution in [0.15, 0.2) is 12.1 Å². The second-order valence-electron chi connectivity index (χ2n) is 6.55. The smallest absolute Gasteiger partial charge is 0.129 e. The molecular formula is C17H29N3. The largest absolute Gasteiger partial charge is 0.356 e. The first-order chi connectivity index (χ1) is 9.51. The minimum atomic E-state index is 0.479. The van der Waals surface area contributed by atoms with Crippen molar-refractivity contribution >= 4 is 5.82 Å². The third-order valence-corrected chi connectivity index (χ3v) is 4.37. The van der Waals surface area contributed by atoms with Crippen LogP contribution < -0.4 is 10.2 Å². The lowest BCUT2D eigenvalue weighted by Gasteiger charge is -2.20. The van der Waals surface area contributed by atoms with E-state index in [0.717, 1.165) is 38.0 Å². The molecule has 0 amide bonds. The fraction of sp³-hybridized carbons (Fsp3) is 0.706. The maximum Gasteiger partial charge on any atom is 0.129 e.